The Balaban J connectivity index is 0.00000200. The van der Waals surface area contributed by atoms with E-state index in [-0.39, 0.29) is 18.3 Å². The Hall–Kier alpha value is -0.520. The van der Waals surface area contributed by atoms with Crippen molar-refractivity contribution in [3.05, 3.63) is 22.4 Å². The summed E-state index contributed by atoms with van der Waals surface area (Å²) in [5.74, 6) is 0.860. The van der Waals surface area contributed by atoms with Crippen molar-refractivity contribution in [2.24, 2.45) is 13.0 Å². The van der Waals surface area contributed by atoms with Crippen LogP contribution in [0.15, 0.2) is 16.7 Å². The number of hydrogen-bond acceptors (Lipinski definition) is 2. The van der Waals surface area contributed by atoms with Crippen molar-refractivity contribution in [1.82, 2.24) is 14.8 Å². The van der Waals surface area contributed by atoms with Crippen molar-refractivity contribution in [2.75, 3.05) is 26.2 Å². The largest absolute Gasteiger partial charge is 0.345 e. The topological polar surface area (TPSA) is 37.3 Å². The number of aromatic nitrogens is 1. The molecule has 0 bridgehead atoms. The minimum Gasteiger partial charge on any atom is -0.345 e. The Kier molecular flexibility index (Phi) is 7.06. The van der Waals surface area contributed by atoms with Crippen molar-refractivity contribution in [1.29, 1.82) is 0 Å². The van der Waals surface area contributed by atoms with Gasteiger partial charge in [0.05, 0.1) is 0 Å². The second-order valence-corrected chi connectivity index (χ2v) is 6.11. The second kappa shape index (κ2) is 8.05. The first kappa shape index (κ1) is 17.5. The third-order valence-electron chi connectivity index (χ3n) is 3.78. The average Bonchev–Trinajstić information content (AvgIpc) is 2.75. The molecule has 1 aliphatic rings. The Morgan fingerprint density at radius 2 is 2.10 bits per heavy atom. The Morgan fingerprint density at radius 3 is 2.60 bits per heavy atom. The number of rotatable bonds is 4. The summed E-state index contributed by atoms with van der Waals surface area (Å²) < 4.78 is 2.84. The van der Waals surface area contributed by atoms with Crippen LogP contribution in [-0.2, 0) is 7.05 Å². The van der Waals surface area contributed by atoms with E-state index < -0.39 is 0 Å². The highest BCUT2D eigenvalue weighted by Gasteiger charge is 2.24. The predicted octanol–water partition coefficient (Wildman–Crippen LogP) is 2.67. The van der Waals surface area contributed by atoms with Gasteiger partial charge in [0.2, 0.25) is 0 Å². The summed E-state index contributed by atoms with van der Waals surface area (Å²) in [5.41, 5.74) is 0.761. The van der Waals surface area contributed by atoms with Gasteiger partial charge >= 0.3 is 0 Å². The number of nitrogens with zero attached hydrogens (tertiary/aromatic N) is 2. The van der Waals surface area contributed by atoms with Crippen LogP contribution in [0.25, 0.3) is 0 Å². The third-order valence-corrected chi connectivity index (χ3v) is 4.21. The van der Waals surface area contributed by atoms with Gasteiger partial charge in [-0.05, 0) is 53.8 Å². The van der Waals surface area contributed by atoms with Crippen LogP contribution in [0.5, 0.6) is 0 Å². The average molecular weight is 365 g/mol. The molecule has 1 amide bonds. The monoisotopic (exact) mass is 363 g/mol. The number of amides is 1. The fourth-order valence-corrected chi connectivity index (χ4v) is 3.11. The molecule has 1 N–H and O–H groups in total. The summed E-state index contributed by atoms with van der Waals surface area (Å²) in [6.07, 6.45) is 4.12. The molecule has 0 unspecified atom stereocenters. The van der Waals surface area contributed by atoms with Gasteiger partial charge in [-0.25, -0.2) is 0 Å². The molecule has 1 aliphatic heterocycles. The molecular weight excluding hydrogens is 342 g/mol. The zero-order chi connectivity index (χ0) is 13.8. The van der Waals surface area contributed by atoms with Gasteiger partial charge in [0.25, 0.3) is 5.91 Å². The van der Waals surface area contributed by atoms with E-state index in [0.29, 0.717) is 5.92 Å². The lowest BCUT2D eigenvalue weighted by Crippen LogP contribution is -2.41. The van der Waals surface area contributed by atoms with Crippen molar-refractivity contribution >= 4 is 34.2 Å². The van der Waals surface area contributed by atoms with Crippen molar-refractivity contribution in [3.8, 4) is 0 Å². The maximum atomic E-state index is 12.4. The van der Waals surface area contributed by atoms with Gasteiger partial charge in [0.1, 0.15) is 5.69 Å². The van der Waals surface area contributed by atoms with Crippen LogP contribution < -0.4 is 5.32 Å². The fourth-order valence-electron chi connectivity index (χ4n) is 2.59. The molecule has 1 saturated heterocycles. The molecule has 1 aromatic heterocycles. The van der Waals surface area contributed by atoms with Crippen LogP contribution in [-0.4, -0.2) is 41.6 Å². The first-order valence-corrected chi connectivity index (χ1v) is 7.73. The zero-order valence-corrected chi connectivity index (χ0v) is 14.5. The second-order valence-electron chi connectivity index (χ2n) is 5.20. The number of hydrogen-bond donors (Lipinski definition) is 1. The lowest BCUT2D eigenvalue weighted by Gasteiger charge is -2.32. The van der Waals surface area contributed by atoms with Gasteiger partial charge in [-0.15, -0.1) is 12.4 Å². The smallest absolute Gasteiger partial charge is 0.270 e. The molecular formula is C14H23BrClN3O. The Labute approximate surface area is 135 Å². The van der Waals surface area contributed by atoms with Gasteiger partial charge in [-0.3, -0.25) is 4.79 Å². The lowest BCUT2D eigenvalue weighted by atomic mass is 9.96. The van der Waals surface area contributed by atoms with Gasteiger partial charge in [0, 0.05) is 30.8 Å². The van der Waals surface area contributed by atoms with Crippen molar-refractivity contribution in [2.45, 2.75) is 19.8 Å². The summed E-state index contributed by atoms with van der Waals surface area (Å²) in [5, 5.41) is 3.39. The number of carbonyl (C=O) groups is 1. The summed E-state index contributed by atoms with van der Waals surface area (Å²) in [6.45, 7) is 5.98. The molecule has 0 aromatic carbocycles. The lowest BCUT2D eigenvalue weighted by molar-refractivity contribution is 0.0680. The zero-order valence-electron chi connectivity index (χ0n) is 12.1. The molecule has 0 radical (unpaired) electrons. The van der Waals surface area contributed by atoms with E-state index in [1.807, 2.05) is 28.8 Å². The quantitative estimate of drug-likeness (QED) is 0.892. The highest BCUT2D eigenvalue weighted by Crippen LogP contribution is 2.20. The number of nitrogens with one attached hydrogen (secondary N) is 1. The van der Waals surface area contributed by atoms with Crippen molar-refractivity contribution in [3.63, 3.8) is 0 Å². The summed E-state index contributed by atoms with van der Waals surface area (Å²) in [4.78, 5) is 14.4. The normalized spacial score (nSPS) is 16.1. The molecule has 0 saturated carbocycles. The first-order chi connectivity index (χ1) is 9.11. The minimum absolute atomic E-state index is 0. The van der Waals surface area contributed by atoms with Crippen LogP contribution in [0.3, 0.4) is 0 Å². The third kappa shape index (κ3) is 4.24. The number of halogens is 2. The van der Waals surface area contributed by atoms with E-state index in [4.69, 9.17) is 0 Å². The first-order valence-electron chi connectivity index (χ1n) is 6.93. The van der Waals surface area contributed by atoms with Gasteiger partial charge < -0.3 is 14.8 Å². The number of aryl methyl sites for hydroxylation is 1. The molecule has 1 aromatic rings. The minimum atomic E-state index is 0. The van der Waals surface area contributed by atoms with E-state index in [1.54, 1.807) is 0 Å². The molecule has 4 nitrogen and oxygen atoms in total. The summed E-state index contributed by atoms with van der Waals surface area (Å²) in [6, 6.07) is 1.90. The number of carbonyl (C=O) groups excluding carboxylic acids is 1. The molecule has 20 heavy (non-hydrogen) atoms. The summed E-state index contributed by atoms with van der Waals surface area (Å²) >= 11 is 3.41. The molecule has 114 valence electrons. The van der Waals surface area contributed by atoms with Gasteiger partial charge in [-0.1, -0.05) is 6.92 Å². The number of likely N-dealkylation sites (tertiary alicyclic amines) is 1. The van der Waals surface area contributed by atoms with Crippen molar-refractivity contribution < 1.29 is 4.79 Å². The fraction of sp³-hybridized carbons (Fsp3) is 0.643. The molecule has 2 rings (SSSR count). The predicted molar refractivity (Wildman–Crippen MR) is 87.5 cm³/mol. The highest BCUT2D eigenvalue weighted by molar-refractivity contribution is 9.10. The van der Waals surface area contributed by atoms with E-state index in [1.165, 1.54) is 0 Å². The van der Waals surface area contributed by atoms with Crippen LogP contribution in [0.2, 0.25) is 0 Å². The molecule has 0 spiro atoms. The standard InChI is InChI=1S/C14H22BrN3O.ClH/c1-3-16-9-11-4-6-18(7-5-11)14(19)13-8-12(15)10-17(13)2;/h8,10-11,16H,3-7,9H2,1-2H3;1H. The molecule has 0 aliphatic carbocycles. The van der Waals surface area contributed by atoms with E-state index in [0.717, 1.165) is 49.2 Å². The maximum absolute atomic E-state index is 12.4. The molecule has 1 fully saturated rings. The van der Waals surface area contributed by atoms with Crippen LogP contribution >= 0.6 is 28.3 Å². The molecule has 0 atom stereocenters. The molecule has 2 heterocycles. The Morgan fingerprint density at radius 1 is 1.45 bits per heavy atom. The molecule has 6 heteroatoms. The SMILES string of the molecule is CCNCC1CCN(C(=O)c2cc(Br)cn2C)CC1.Cl. The Bertz CT molecular complexity index is 442. The van der Waals surface area contributed by atoms with Crippen LogP contribution in [0.1, 0.15) is 30.3 Å². The van der Waals surface area contributed by atoms with Crippen LogP contribution in [0, 0.1) is 5.92 Å². The van der Waals surface area contributed by atoms with E-state index >= 15 is 0 Å². The van der Waals surface area contributed by atoms with E-state index in [9.17, 15) is 4.79 Å². The van der Waals surface area contributed by atoms with E-state index in [2.05, 4.69) is 28.2 Å². The summed E-state index contributed by atoms with van der Waals surface area (Å²) in [7, 11) is 1.91. The number of piperidine rings is 1. The maximum Gasteiger partial charge on any atom is 0.270 e. The highest BCUT2D eigenvalue weighted by atomic mass is 79.9. The van der Waals surface area contributed by atoms with Crippen LogP contribution in [0.4, 0.5) is 0 Å². The van der Waals surface area contributed by atoms with Gasteiger partial charge in [-0.2, -0.15) is 0 Å². The van der Waals surface area contributed by atoms with Gasteiger partial charge in [0.15, 0.2) is 0 Å².